The minimum atomic E-state index is 0.320. The van der Waals surface area contributed by atoms with E-state index in [1.54, 1.807) is 12.3 Å². The van der Waals surface area contributed by atoms with Gasteiger partial charge in [-0.05, 0) is 43.2 Å². The molecule has 0 saturated heterocycles. The first kappa shape index (κ1) is 13.4. The summed E-state index contributed by atoms with van der Waals surface area (Å²) >= 11 is 5.05. The van der Waals surface area contributed by atoms with Crippen molar-refractivity contribution in [2.75, 3.05) is 11.9 Å². The van der Waals surface area contributed by atoms with E-state index in [0.717, 1.165) is 11.3 Å². The lowest BCUT2D eigenvalue weighted by molar-refractivity contribution is 0.982. The first-order chi connectivity index (χ1) is 8.99. The van der Waals surface area contributed by atoms with Crippen LogP contribution in [0.2, 0.25) is 0 Å². The van der Waals surface area contributed by atoms with Crippen LogP contribution in [-0.4, -0.2) is 22.2 Å². The van der Waals surface area contributed by atoms with Crippen LogP contribution < -0.4 is 10.6 Å². The van der Waals surface area contributed by atoms with Gasteiger partial charge in [-0.3, -0.25) is 0 Å². The van der Waals surface area contributed by atoms with Gasteiger partial charge in [0.15, 0.2) is 5.82 Å². The molecule has 0 fully saturated rings. The molecule has 1 aromatic carbocycles. The number of nitrogens with zero attached hydrogens (tertiary/aromatic N) is 3. The van der Waals surface area contributed by atoms with E-state index in [1.165, 1.54) is 11.1 Å². The monoisotopic (exact) mass is 272 g/mol. The maximum absolute atomic E-state index is 5.73. The number of hydrogen-bond acceptors (Lipinski definition) is 4. The summed E-state index contributed by atoms with van der Waals surface area (Å²) in [6, 6.07) is 8.09. The van der Waals surface area contributed by atoms with Crippen molar-refractivity contribution in [1.82, 2.24) is 10.2 Å². The van der Waals surface area contributed by atoms with Gasteiger partial charge >= 0.3 is 0 Å². The highest BCUT2D eigenvalue weighted by Crippen LogP contribution is 2.26. The van der Waals surface area contributed by atoms with Crippen LogP contribution in [0, 0.1) is 13.8 Å². The molecule has 0 radical (unpaired) electrons. The highest BCUT2D eigenvalue weighted by Gasteiger charge is 2.13. The first-order valence-electron chi connectivity index (χ1n) is 5.92. The minimum Gasteiger partial charge on any atom is -0.389 e. The van der Waals surface area contributed by atoms with Gasteiger partial charge in [-0.25, -0.2) is 0 Å². The number of benzene rings is 1. The molecular weight excluding hydrogens is 256 g/mol. The Morgan fingerprint density at radius 3 is 2.42 bits per heavy atom. The average molecular weight is 272 g/mol. The van der Waals surface area contributed by atoms with Crippen LogP contribution in [-0.2, 0) is 0 Å². The van der Waals surface area contributed by atoms with Gasteiger partial charge in [0.05, 0.1) is 11.8 Å². The second kappa shape index (κ2) is 5.32. The topological polar surface area (TPSA) is 55.0 Å². The van der Waals surface area contributed by atoms with E-state index in [2.05, 4.69) is 42.2 Å². The van der Waals surface area contributed by atoms with Gasteiger partial charge in [-0.2, -0.15) is 5.10 Å². The summed E-state index contributed by atoms with van der Waals surface area (Å²) < 4.78 is 0. The van der Waals surface area contributed by atoms with Gasteiger partial charge in [0.1, 0.15) is 4.99 Å². The molecular formula is C14H16N4S. The van der Waals surface area contributed by atoms with E-state index >= 15 is 0 Å². The third-order valence-corrected chi connectivity index (χ3v) is 3.10. The number of anilines is 2. The van der Waals surface area contributed by atoms with Crippen molar-refractivity contribution < 1.29 is 0 Å². The summed E-state index contributed by atoms with van der Waals surface area (Å²) in [5.41, 5.74) is 9.89. The molecule has 0 bridgehead atoms. The largest absolute Gasteiger partial charge is 0.389 e. The highest BCUT2D eigenvalue weighted by molar-refractivity contribution is 7.80. The third kappa shape index (κ3) is 2.88. The van der Waals surface area contributed by atoms with Crippen molar-refractivity contribution in [3.8, 4) is 0 Å². The second-order valence-electron chi connectivity index (χ2n) is 4.54. The molecule has 0 aliphatic carbocycles. The average Bonchev–Trinajstić information content (AvgIpc) is 2.36. The Hall–Kier alpha value is -2.01. The van der Waals surface area contributed by atoms with Crippen molar-refractivity contribution in [1.29, 1.82) is 0 Å². The van der Waals surface area contributed by atoms with Crippen LogP contribution in [0.3, 0.4) is 0 Å². The van der Waals surface area contributed by atoms with Gasteiger partial charge in [-0.1, -0.05) is 18.3 Å². The molecule has 19 heavy (non-hydrogen) atoms. The quantitative estimate of drug-likeness (QED) is 0.870. The summed E-state index contributed by atoms with van der Waals surface area (Å²) in [4.78, 5) is 2.27. The Labute approximate surface area is 118 Å². The van der Waals surface area contributed by atoms with Crippen LogP contribution >= 0.6 is 12.2 Å². The van der Waals surface area contributed by atoms with E-state index < -0.39 is 0 Å². The van der Waals surface area contributed by atoms with Gasteiger partial charge in [0, 0.05) is 12.7 Å². The number of aryl methyl sites for hydroxylation is 2. The number of hydrogen-bond donors (Lipinski definition) is 1. The zero-order chi connectivity index (χ0) is 14.0. The number of thiocarbonyl (C=S) groups is 1. The molecule has 4 nitrogen and oxygen atoms in total. The molecule has 2 rings (SSSR count). The van der Waals surface area contributed by atoms with Gasteiger partial charge in [0.2, 0.25) is 0 Å². The number of nitrogens with two attached hydrogens (primary N) is 1. The van der Waals surface area contributed by atoms with Crippen LogP contribution in [0.1, 0.15) is 16.7 Å². The molecule has 0 unspecified atom stereocenters. The predicted octanol–water partition coefficient (Wildman–Crippen LogP) is 2.50. The molecule has 0 aliphatic heterocycles. The molecule has 1 heterocycles. The smallest absolute Gasteiger partial charge is 0.165 e. The fraction of sp³-hybridized carbons (Fsp3) is 0.214. The molecule has 5 heteroatoms. The van der Waals surface area contributed by atoms with Crippen LogP contribution in [0.25, 0.3) is 0 Å². The lowest BCUT2D eigenvalue weighted by Crippen LogP contribution is -2.19. The molecule has 1 aromatic heterocycles. The maximum atomic E-state index is 5.73. The van der Waals surface area contributed by atoms with Crippen molar-refractivity contribution in [3.63, 3.8) is 0 Å². The van der Waals surface area contributed by atoms with E-state index in [1.807, 2.05) is 11.9 Å². The summed E-state index contributed by atoms with van der Waals surface area (Å²) in [5, 5.41) is 8.06. The minimum absolute atomic E-state index is 0.320. The molecule has 0 saturated carbocycles. The summed E-state index contributed by atoms with van der Waals surface area (Å²) in [6.45, 7) is 4.13. The van der Waals surface area contributed by atoms with Crippen LogP contribution in [0.5, 0.6) is 0 Å². The Kier molecular flexibility index (Phi) is 3.76. The normalized spacial score (nSPS) is 10.3. The first-order valence-corrected chi connectivity index (χ1v) is 6.33. The van der Waals surface area contributed by atoms with Crippen molar-refractivity contribution in [3.05, 3.63) is 47.2 Å². The molecule has 0 spiro atoms. The highest BCUT2D eigenvalue weighted by atomic mass is 32.1. The van der Waals surface area contributed by atoms with Crippen LogP contribution in [0.15, 0.2) is 30.5 Å². The predicted molar refractivity (Wildman–Crippen MR) is 81.9 cm³/mol. The van der Waals surface area contributed by atoms with E-state index in [4.69, 9.17) is 18.0 Å². The number of rotatable bonds is 3. The standard InChI is InChI=1S/C14H16N4S/c1-9-6-10(2)8-11(7-9)18(3)14-12(13(15)19)4-5-16-17-14/h4-8H,1-3H3,(H2,15,19). The van der Waals surface area contributed by atoms with Crippen molar-refractivity contribution in [2.24, 2.45) is 5.73 Å². The summed E-state index contributed by atoms with van der Waals surface area (Å²) in [6.07, 6.45) is 1.59. The summed E-state index contributed by atoms with van der Waals surface area (Å²) in [7, 11) is 1.93. The van der Waals surface area contributed by atoms with Crippen molar-refractivity contribution >= 4 is 28.7 Å². The van der Waals surface area contributed by atoms with Gasteiger partial charge in [0.25, 0.3) is 0 Å². The molecule has 98 valence electrons. The van der Waals surface area contributed by atoms with Gasteiger partial charge in [-0.15, -0.1) is 5.10 Å². The Morgan fingerprint density at radius 2 is 1.84 bits per heavy atom. The zero-order valence-electron chi connectivity index (χ0n) is 11.2. The molecule has 0 aliphatic rings. The molecule has 0 amide bonds. The Bertz CT molecular complexity index is 604. The fourth-order valence-electron chi connectivity index (χ4n) is 2.03. The SMILES string of the molecule is Cc1cc(C)cc(N(C)c2nnccc2C(N)=S)c1. The fourth-order valence-corrected chi connectivity index (χ4v) is 2.19. The Morgan fingerprint density at radius 1 is 1.21 bits per heavy atom. The van der Waals surface area contributed by atoms with E-state index in [0.29, 0.717) is 10.8 Å². The second-order valence-corrected chi connectivity index (χ2v) is 4.98. The number of aromatic nitrogens is 2. The maximum Gasteiger partial charge on any atom is 0.165 e. The Balaban J connectivity index is 2.49. The van der Waals surface area contributed by atoms with Crippen molar-refractivity contribution in [2.45, 2.75) is 13.8 Å². The lowest BCUT2D eigenvalue weighted by Gasteiger charge is -2.21. The van der Waals surface area contributed by atoms with Gasteiger partial charge < -0.3 is 10.6 Å². The lowest BCUT2D eigenvalue weighted by atomic mass is 10.1. The zero-order valence-corrected chi connectivity index (χ0v) is 12.0. The van der Waals surface area contributed by atoms with Crippen LogP contribution in [0.4, 0.5) is 11.5 Å². The summed E-state index contributed by atoms with van der Waals surface area (Å²) in [5.74, 6) is 0.667. The van der Waals surface area contributed by atoms with E-state index in [9.17, 15) is 0 Å². The molecule has 0 atom stereocenters. The molecule has 2 aromatic rings. The molecule has 2 N–H and O–H groups in total. The third-order valence-electron chi connectivity index (χ3n) is 2.88. The van der Waals surface area contributed by atoms with E-state index in [-0.39, 0.29) is 0 Å².